The lowest BCUT2D eigenvalue weighted by Crippen LogP contribution is -2.38. The standard InChI is InChI=1S/C11H20N2O3/c1-9(8-16-2)6-11(15)13-5-3-4-12-10(14)7-13/h9H,3-8H2,1-2H3,(H,12,14). The summed E-state index contributed by atoms with van der Waals surface area (Å²) in [4.78, 5) is 24.8. The number of carbonyl (C=O) groups is 2. The van der Waals surface area contributed by atoms with Gasteiger partial charge in [0.25, 0.3) is 0 Å². The minimum absolute atomic E-state index is 0.0431. The summed E-state index contributed by atoms with van der Waals surface area (Å²) in [5.41, 5.74) is 0. The van der Waals surface area contributed by atoms with Gasteiger partial charge in [0.15, 0.2) is 0 Å². The molecule has 0 aromatic heterocycles. The lowest BCUT2D eigenvalue weighted by molar-refractivity contribution is -0.136. The Kier molecular flexibility index (Phi) is 5.25. The Morgan fingerprint density at radius 2 is 2.38 bits per heavy atom. The van der Waals surface area contributed by atoms with Gasteiger partial charge in [-0.15, -0.1) is 0 Å². The van der Waals surface area contributed by atoms with Crippen molar-refractivity contribution in [2.75, 3.05) is 33.4 Å². The Hall–Kier alpha value is -1.10. The van der Waals surface area contributed by atoms with E-state index in [9.17, 15) is 9.59 Å². The van der Waals surface area contributed by atoms with Crippen LogP contribution in [0.1, 0.15) is 19.8 Å². The van der Waals surface area contributed by atoms with Crippen LogP contribution in [0.5, 0.6) is 0 Å². The lowest BCUT2D eigenvalue weighted by atomic mass is 10.1. The molecule has 1 rings (SSSR count). The fourth-order valence-electron chi connectivity index (χ4n) is 1.79. The minimum Gasteiger partial charge on any atom is -0.384 e. The summed E-state index contributed by atoms with van der Waals surface area (Å²) in [6.45, 7) is 4.07. The number of amides is 2. The zero-order valence-electron chi connectivity index (χ0n) is 9.99. The second-order valence-electron chi connectivity index (χ2n) is 4.28. The van der Waals surface area contributed by atoms with Gasteiger partial charge in [-0.3, -0.25) is 9.59 Å². The van der Waals surface area contributed by atoms with Crippen molar-refractivity contribution in [3.05, 3.63) is 0 Å². The largest absolute Gasteiger partial charge is 0.384 e. The third kappa shape index (κ3) is 4.18. The van der Waals surface area contributed by atoms with E-state index < -0.39 is 0 Å². The normalized spacial score (nSPS) is 18.9. The van der Waals surface area contributed by atoms with Crippen LogP contribution in [-0.4, -0.2) is 50.1 Å². The van der Waals surface area contributed by atoms with E-state index in [1.807, 2.05) is 6.92 Å². The van der Waals surface area contributed by atoms with E-state index in [1.54, 1.807) is 12.0 Å². The molecular weight excluding hydrogens is 208 g/mol. The van der Waals surface area contributed by atoms with E-state index in [2.05, 4.69) is 5.32 Å². The molecule has 0 saturated carbocycles. The first-order valence-corrected chi connectivity index (χ1v) is 5.67. The first kappa shape index (κ1) is 13.0. The van der Waals surface area contributed by atoms with E-state index in [-0.39, 0.29) is 24.3 Å². The van der Waals surface area contributed by atoms with Gasteiger partial charge in [-0.1, -0.05) is 6.92 Å². The minimum atomic E-state index is -0.0646. The smallest absolute Gasteiger partial charge is 0.239 e. The molecule has 5 heteroatoms. The molecule has 16 heavy (non-hydrogen) atoms. The Balaban J connectivity index is 2.42. The maximum absolute atomic E-state index is 11.9. The quantitative estimate of drug-likeness (QED) is 0.737. The van der Waals surface area contributed by atoms with Crippen LogP contribution in [-0.2, 0) is 14.3 Å². The Morgan fingerprint density at radius 3 is 3.06 bits per heavy atom. The first-order chi connectivity index (χ1) is 7.63. The van der Waals surface area contributed by atoms with Crippen molar-refractivity contribution in [1.29, 1.82) is 0 Å². The number of methoxy groups -OCH3 is 1. The SMILES string of the molecule is COCC(C)CC(=O)N1CCCNC(=O)C1. The summed E-state index contributed by atoms with van der Waals surface area (Å²) in [6, 6.07) is 0. The Morgan fingerprint density at radius 1 is 1.62 bits per heavy atom. The van der Waals surface area contributed by atoms with Crippen molar-refractivity contribution in [1.82, 2.24) is 10.2 Å². The molecule has 0 radical (unpaired) electrons. The van der Waals surface area contributed by atoms with Gasteiger partial charge in [0.1, 0.15) is 0 Å². The van der Waals surface area contributed by atoms with Crippen molar-refractivity contribution in [3.63, 3.8) is 0 Å². The predicted molar refractivity (Wildman–Crippen MR) is 59.9 cm³/mol. The number of rotatable bonds is 4. The zero-order chi connectivity index (χ0) is 12.0. The molecule has 1 heterocycles. The number of hydrogen-bond donors (Lipinski definition) is 1. The van der Waals surface area contributed by atoms with Gasteiger partial charge in [-0.2, -0.15) is 0 Å². The van der Waals surface area contributed by atoms with E-state index >= 15 is 0 Å². The van der Waals surface area contributed by atoms with Crippen molar-refractivity contribution < 1.29 is 14.3 Å². The number of carbonyl (C=O) groups excluding carboxylic acids is 2. The summed E-state index contributed by atoms with van der Waals surface area (Å²) < 4.78 is 4.99. The van der Waals surface area contributed by atoms with Gasteiger partial charge in [0, 0.05) is 33.2 Å². The van der Waals surface area contributed by atoms with Crippen LogP contribution in [0.3, 0.4) is 0 Å². The van der Waals surface area contributed by atoms with Gasteiger partial charge in [-0.05, 0) is 12.3 Å². The van der Waals surface area contributed by atoms with Crippen LogP contribution in [0, 0.1) is 5.92 Å². The second-order valence-corrected chi connectivity index (χ2v) is 4.28. The molecule has 1 aliphatic rings. The molecule has 1 atom stereocenters. The molecule has 1 fully saturated rings. The molecule has 0 aromatic rings. The molecular formula is C11H20N2O3. The molecule has 0 aliphatic carbocycles. The number of hydrogen-bond acceptors (Lipinski definition) is 3. The summed E-state index contributed by atoms with van der Waals surface area (Å²) in [6.07, 6.45) is 1.28. The van der Waals surface area contributed by atoms with E-state index in [4.69, 9.17) is 4.74 Å². The highest BCUT2D eigenvalue weighted by molar-refractivity contribution is 5.85. The van der Waals surface area contributed by atoms with E-state index in [0.717, 1.165) is 6.42 Å². The number of nitrogens with zero attached hydrogens (tertiary/aromatic N) is 1. The molecule has 1 aliphatic heterocycles. The maximum atomic E-state index is 11.9. The zero-order valence-corrected chi connectivity index (χ0v) is 9.99. The highest BCUT2D eigenvalue weighted by atomic mass is 16.5. The number of ether oxygens (including phenoxy) is 1. The first-order valence-electron chi connectivity index (χ1n) is 5.67. The van der Waals surface area contributed by atoms with Crippen LogP contribution in [0.4, 0.5) is 0 Å². The van der Waals surface area contributed by atoms with E-state index in [0.29, 0.717) is 26.1 Å². The van der Waals surface area contributed by atoms with Gasteiger partial charge in [0.2, 0.25) is 11.8 Å². The summed E-state index contributed by atoms with van der Waals surface area (Å²) in [7, 11) is 1.63. The Bertz CT molecular complexity index is 256. The van der Waals surface area contributed by atoms with Crippen molar-refractivity contribution >= 4 is 11.8 Å². The molecule has 2 amide bonds. The van der Waals surface area contributed by atoms with Crippen LogP contribution >= 0.6 is 0 Å². The molecule has 0 bridgehead atoms. The third-order valence-corrected chi connectivity index (χ3v) is 2.59. The second kappa shape index (κ2) is 6.48. The van der Waals surface area contributed by atoms with Gasteiger partial charge in [-0.25, -0.2) is 0 Å². The van der Waals surface area contributed by atoms with Gasteiger partial charge in [0.05, 0.1) is 6.54 Å². The molecule has 5 nitrogen and oxygen atoms in total. The van der Waals surface area contributed by atoms with Gasteiger partial charge < -0.3 is 15.0 Å². The molecule has 92 valence electrons. The van der Waals surface area contributed by atoms with Crippen molar-refractivity contribution in [2.24, 2.45) is 5.92 Å². The Labute approximate surface area is 96.1 Å². The molecule has 1 N–H and O–H groups in total. The molecule has 1 saturated heterocycles. The van der Waals surface area contributed by atoms with Crippen LogP contribution in [0.15, 0.2) is 0 Å². The monoisotopic (exact) mass is 228 g/mol. The molecule has 0 aromatic carbocycles. The maximum Gasteiger partial charge on any atom is 0.239 e. The average molecular weight is 228 g/mol. The predicted octanol–water partition coefficient (Wildman–Crippen LogP) is 0.00750. The topological polar surface area (TPSA) is 58.6 Å². The summed E-state index contributed by atoms with van der Waals surface area (Å²) in [5, 5.41) is 2.75. The van der Waals surface area contributed by atoms with Crippen molar-refractivity contribution in [2.45, 2.75) is 19.8 Å². The summed E-state index contributed by atoms with van der Waals surface area (Å²) >= 11 is 0. The molecule has 0 spiro atoms. The number of nitrogens with one attached hydrogen (secondary N) is 1. The van der Waals surface area contributed by atoms with E-state index in [1.165, 1.54) is 0 Å². The molecule has 1 unspecified atom stereocenters. The third-order valence-electron chi connectivity index (χ3n) is 2.59. The average Bonchev–Trinajstić information content (AvgIpc) is 2.43. The van der Waals surface area contributed by atoms with Crippen LogP contribution in [0.2, 0.25) is 0 Å². The highest BCUT2D eigenvalue weighted by Crippen LogP contribution is 2.07. The fraction of sp³-hybridized carbons (Fsp3) is 0.818. The fourth-order valence-corrected chi connectivity index (χ4v) is 1.79. The van der Waals surface area contributed by atoms with Gasteiger partial charge >= 0.3 is 0 Å². The highest BCUT2D eigenvalue weighted by Gasteiger charge is 2.20. The van der Waals surface area contributed by atoms with Crippen LogP contribution in [0.25, 0.3) is 0 Å². The van der Waals surface area contributed by atoms with Crippen LogP contribution < -0.4 is 5.32 Å². The van der Waals surface area contributed by atoms with Crippen molar-refractivity contribution in [3.8, 4) is 0 Å². The lowest BCUT2D eigenvalue weighted by Gasteiger charge is -2.20. The summed E-state index contributed by atoms with van der Waals surface area (Å²) in [5.74, 6) is 0.177.